The maximum Gasteiger partial charge on any atom is 0.297 e. The highest BCUT2D eigenvalue weighted by Crippen LogP contribution is 2.47. The molecule has 0 aromatic heterocycles. The van der Waals surface area contributed by atoms with E-state index >= 15 is 0 Å². The van der Waals surface area contributed by atoms with Gasteiger partial charge in [0.2, 0.25) is 0 Å². The summed E-state index contributed by atoms with van der Waals surface area (Å²) < 4.78 is 109. The normalized spacial score (nSPS) is 12.5. The lowest BCUT2D eigenvalue weighted by atomic mass is 10.1. The maximum atomic E-state index is 13.1. The number of phenols is 1. The number of fused-ring (bicyclic) bond motifs is 2. The molecule has 0 aliphatic carbocycles. The third-order valence-electron chi connectivity index (χ3n) is 7.20. The van der Waals surface area contributed by atoms with E-state index in [0.717, 1.165) is 42.5 Å². The van der Waals surface area contributed by atoms with Crippen LogP contribution in [-0.4, -0.2) is 68.2 Å². The van der Waals surface area contributed by atoms with Crippen LogP contribution in [0.1, 0.15) is 10.4 Å². The van der Waals surface area contributed by atoms with Gasteiger partial charge in [0.25, 0.3) is 26.1 Å². The van der Waals surface area contributed by atoms with Crippen molar-refractivity contribution in [2.45, 2.75) is 19.6 Å². The quantitative estimate of drug-likeness (QED) is 0.0164. The number of rotatable bonds is 16. The predicted octanol–water partition coefficient (Wildman–Crippen LogP) is 6.06. The minimum Gasteiger partial charge on any atom is -0.505 e. The fourth-order valence-electron chi connectivity index (χ4n) is 4.95. The van der Waals surface area contributed by atoms with Crippen LogP contribution in [0.2, 0.25) is 0 Å². The first-order valence-corrected chi connectivity index (χ1v) is 20.3. The van der Waals surface area contributed by atoms with Gasteiger partial charge in [-0.05, 0) is 59.3 Å². The minimum atomic E-state index is -5.12. The van der Waals surface area contributed by atoms with E-state index in [1.807, 2.05) is 0 Å². The van der Waals surface area contributed by atoms with E-state index in [0.29, 0.717) is 0 Å². The molecular formula is C29H23N3O17S5. The van der Waals surface area contributed by atoms with E-state index in [2.05, 4.69) is 34.3 Å². The number of carbonyl (C=O) groups excluding carboxylic acids is 1. The summed E-state index contributed by atoms with van der Waals surface area (Å²) in [5, 5.41) is 45.2. The average Bonchev–Trinajstić information content (AvgIpc) is 3.12. The van der Waals surface area contributed by atoms with Crippen LogP contribution in [0.4, 0.5) is 17.1 Å². The molecule has 286 valence electrons. The van der Waals surface area contributed by atoms with Gasteiger partial charge in [-0.1, -0.05) is 40.4 Å². The molecule has 0 aliphatic rings. The highest BCUT2D eigenvalue weighted by Gasteiger charge is 2.25. The number of azo groups is 1. The first kappa shape index (κ1) is 40.9. The molecule has 25 heteroatoms. The molecule has 0 unspecified atom stereocenters. The molecule has 0 radical (unpaired) electrons. The first-order valence-electron chi connectivity index (χ1n) is 14.3. The van der Waals surface area contributed by atoms with Crippen molar-refractivity contribution in [3.8, 4) is 5.75 Å². The fraction of sp³-hybridized carbons (Fsp3) is 0.0690. The van der Waals surface area contributed by atoms with Crippen molar-refractivity contribution in [2.75, 3.05) is 17.7 Å². The van der Waals surface area contributed by atoms with Crippen LogP contribution in [0.3, 0.4) is 0 Å². The van der Waals surface area contributed by atoms with Crippen LogP contribution in [0.15, 0.2) is 109 Å². The van der Waals surface area contributed by atoms with E-state index < -0.39 is 75.3 Å². The Morgan fingerprint density at radius 1 is 0.778 bits per heavy atom. The molecule has 6 N–H and O–H groups in total. The highest BCUT2D eigenvalue weighted by molar-refractivity contribution is 7.94. The van der Waals surface area contributed by atoms with Gasteiger partial charge < -0.3 is 10.4 Å². The molecule has 0 aliphatic heterocycles. The summed E-state index contributed by atoms with van der Waals surface area (Å²) in [6.07, 6.45) is 0. The molecule has 0 atom stereocenters. The van der Waals surface area contributed by atoms with Crippen LogP contribution < -0.4 is 5.32 Å². The number of hydrogen-bond donors (Lipinski definition) is 6. The largest absolute Gasteiger partial charge is 0.505 e. The summed E-state index contributed by atoms with van der Waals surface area (Å²) in [6, 6.07) is 16.2. The van der Waals surface area contributed by atoms with Crippen molar-refractivity contribution in [3.05, 3.63) is 84.4 Å². The number of nitrogens with zero attached hydrogens (tertiary/aromatic N) is 2. The SMILES string of the molecule is O=C(Nc1cc(S(=O)(=O)O)cc2cc(SOOO)c(N=Nc3ccc4cc(S(=O)(=O)CCOSOOO)ccc4c3S(=O)(=O)O)c(O)c12)c1ccccc1. The van der Waals surface area contributed by atoms with E-state index in [4.69, 9.17) is 14.7 Å². The van der Waals surface area contributed by atoms with Crippen molar-refractivity contribution in [2.24, 2.45) is 10.2 Å². The monoisotopic (exact) mass is 845 g/mol. The average molecular weight is 846 g/mol. The standard InChI is InChI=1S/C29H23N3O17S5/c33-27-25-18(13-20(53(39,40)41)15-23(25)30-29(34)16-4-2-1-3-5-16)14-24(50-48-46-35)26(27)32-31-22-9-6-17-12-19(7-8-21(17)28(22)54(42,43)44)52(37,38)11-10-45-51-49-47-36/h1-9,12-15,33,35-36H,10-11H2,(H,30,34)(H,39,40,41)(H,42,43,44). The van der Waals surface area contributed by atoms with Gasteiger partial charge in [0, 0.05) is 16.3 Å². The summed E-state index contributed by atoms with van der Waals surface area (Å²) >= 11 is 0.393. The fourth-order valence-corrected chi connectivity index (χ4v) is 8.26. The van der Waals surface area contributed by atoms with Crippen LogP contribution in [0.5, 0.6) is 5.75 Å². The number of sulfone groups is 1. The zero-order chi connectivity index (χ0) is 39.3. The Balaban J connectivity index is 1.64. The number of anilines is 1. The molecular weight excluding hydrogens is 823 g/mol. The van der Waals surface area contributed by atoms with Crippen molar-refractivity contribution >= 4 is 99.0 Å². The number of amides is 1. The molecule has 20 nitrogen and oxygen atoms in total. The second kappa shape index (κ2) is 17.0. The second-order valence-corrected chi connectivity index (χ2v) is 16.6. The molecule has 5 aromatic rings. The Hall–Kier alpha value is -4.32. The zero-order valence-corrected chi connectivity index (χ0v) is 30.6. The molecule has 0 fully saturated rings. The number of nitrogens with one attached hydrogen (secondary N) is 1. The topological polar surface area (TPSA) is 304 Å². The molecule has 1 amide bonds. The van der Waals surface area contributed by atoms with Crippen LogP contribution >= 0.6 is 24.4 Å². The van der Waals surface area contributed by atoms with Gasteiger partial charge in [0.1, 0.15) is 16.3 Å². The Morgan fingerprint density at radius 2 is 1.48 bits per heavy atom. The first-order chi connectivity index (χ1) is 25.5. The maximum absolute atomic E-state index is 13.1. The number of aromatic hydroxyl groups is 1. The van der Waals surface area contributed by atoms with E-state index in [1.165, 1.54) is 18.2 Å². The Labute approximate surface area is 313 Å². The molecule has 5 rings (SSSR count). The molecule has 0 bridgehead atoms. The lowest BCUT2D eigenvalue weighted by Crippen LogP contribution is -2.13. The van der Waals surface area contributed by atoms with Crippen LogP contribution in [-0.2, 0) is 53.0 Å². The molecule has 0 spiro atoms. The van der Waals surface area contributed by atoms with Gasteiger partial charge >= 0.3 is 0 Å². The number of phenolic OH excluding ortho intramolecular Hbond substituents is 1. The summed E-state index contributed by atoms with van der Waals surface area (Å²) in [5.41, 5.74) is -1.22. The van der Waals surface area contributed by atoms with Gasteiger partial charge in [0.15, 0.2) is 27.9 Å². The summed E-state index contributed by atoms with van der Waals surface area (Å²) in [7, 11) is -14.0. The Morgan fingerprint density at radius 3 is 2.15 bits per heavy atom. The minimum absolute atomic E-state index is 0.0293. The summed E-state index contributed by atoms with van der Waals surface area (Å²) in [4.78, 5) is 11.1. The van der Waals surface area contributed by atoms with Crippen LogP contribution in [0.25, 0.3) is 21.5 Å². The van der Waals surface area contributed by atoms with Gasteiger partial charge in [-0.15, -0.1) is 18.9 Å². The summed E-state index contributed by atoms with van der Waals surface area (Å²) in [6.45, 7) is -0.399. The summed E-state index contributed by atoms with van der Waals surface area (Å²) in [5.74, 6) is -2.11. The number of benzene rings is 5. The number of carbonyl (C=O) groups is 1. The zero-order valence-electron chi connectivity index (χ0n) is 26.5. The lowest BCUT2D eigenvalue weighted by Gasteiger charge is -2.15. The van der Waals surface area contributed by atoms with Crippen LogP contribution in [0, 0.1) is 0 Å². The molecule has 5 aromatic carbocycles. The van der Waals surface area contributed by atoms with Crippen molar-refractivity contribution in [3.63, 3.8) is 0 Å². The van der Waals surface area contributed by atoms with Crippen molar-refractivity contribution < 1.29 is 77.7 Å². The molecule has 0 saturated carbocycles. The number of hydrogen-bond acceptors (Lipinski definition) is 19. The molecule has 54 heavy (non-hydrogen) atoms. The highest BCUT2D eigenvalue weighted by atomic mass is 32.2. The smallest absolute Gasteiger partial charge is 0.297 e. The predicted molar refractivity (Wildman–Crippen MR) is 189 cm³/mol. The molecule has 0 heterocycles. The van der Waals surface area contributed by atoms with Crippen molar-refractivity contribution in [1.29, 1.82) is 0 Å². The van der Waals surface area contributed by atoms with Gasteiger partial charge in [-0.3, -0.25) is 18.1 Å². The second-order valence-electron chi connectivity index (χ2n) is 10.5. The Bertz CT molecular complexity index is 2590. The Kier molecular flexibility index (Phi) is 12.9. The van der Waals surface area contributed by atoms with E-state index in [9.17, 15) is 44.3 Å². The molecule has 0 saturated heterocycles. The van der Waals surface area contributed by atoms with Gasteiger partial charge in [0.05, 0.1) is 44.8 Å². The third kappa shape index (κ3) is 9.48. The lowest BCUT2D eigenvalue weighted by molar-refractivity contribution is -0.434. The van der Waals surface area contributed by atoms with Gasteiger partial charge in [-0.2, -0.15) is 16.8 Å². The van der Waals surface area contributed by atoms with E-state index in [-0.39, 0.29) is 67.0 Å². The third-order valence-corrected chi connectivity index (χ3v) is 11.6. The van der Waals surface area contributed by atoms with E-state index in [1.54, 1.807) is 18.2 Å². The van der Waals surface area contributed by atoms with Gasteiger partial charge in [-0.25, -0.2) is 18.9 Å². The van der Waals surface area contributed by atoms with Crippen molar-refractivity contribution in [1.82, 2.24) is 0 Å².